The third kappa shape index (κ3) is 2.32. The minimum atomic E-state index is -0.450. The Morgan fingerprint density at radius 1 is 1.20 bits per heavy atom. The molecule has 0 unspecified atom stereocenters. The van der Waals surface area contributed by atoms with Crippen molar-refractivity contribution >= 4 is 11.5 Å². The molecule has 0 saturated carbocycles. The molecule has 2 heterocycles. The average molecular weight is 274 g/mol. The van der Waals surface area contributed by atoms with Gasteiger partial charge in [-0.2, -0.15) is 5.10 Å². The van der Waals surface area contributed by atoms with Gasteiger partial charge in [-0.15, -0.1) is 0 Å². The summed E-state index contributed by atoms with van der Waals surface area (Å²) in [5.41, 5.74) is 0.997. The van der Waals surface area contributed by atoms with Crippen LogP contribution in [0.2, 0.25) is 0 Å². The first-order valence-electron chi connectivity index (χ1n) is 6.09. The highest BCUT2D eigenvalue weighted by Crippen LogP contribution is 2.16. The summed E-state index contributed by atoms with van der Waals surface area (Å²) in [6.07, 6.45) is 3.43. The molecule has 2 aromatic heterocycles. The summed E-state index contributed by atoms with van der Waals surface area (Å²) in [5, 5.41) is 4.05. The lowest BCUT2D eigenvalue weighted by Crippen LogP contribution is -2.19. The number of aromatic nitrogens is 3. The second-order valence-corrected chi connectivity index (χ2v) is 4.51. The first-order chi connectivity index (χ1) is 9.63. The summed E-state index contributed by atoms with van der Waals surface area (Å²) < 4.78 is 28.4. The Morgan fingerprint density at radius 2 is 2.05 bits per heavy atom. The Labute approximate surface area is 114 Å². The van der Waals surface area contributed by atoms with Gasteiger partial charge in [-0.3, -0.25) is 0 Å². The van der Waals surface area contributed by atoms with Crippen molar-refractivity contribution in [3.63, 3.8) is 0 Å². The van der Waals surface area contributed by atoms with E-state index in [1.54, 1.807) is 41.0 Å². The Kier molecular flexibility index (Phi) is 3.06. The van der Waals surface area contributed by atoms with E-state index in [9.17, 15) is 8.78 Å². The van der Waals surface area contributed by atoms with Gasteiger partial charge in [-0.25, -0.2) is 18.3 Å². The molecule has 0 amide bonds. The zero-order chi connectivity index (χ0) is 14.1. The monoisotopic (exact) mass is 274 g/mol. The van der Waals surface area contributed by atoms with E-state index in [0.29, 0.717) is 17.0 Å². The number of hydrogen-bond acceptors (Lipinski definition) is 3. The van der Waals surface area contributed by atoms with Crippen molar-refractivity contribution in [1.82, 2.24) is 14.6 Å². The van der Waals surface area contributed by atoms with E-state index in [2.05, 4.69) is 10.1 Å². The second kappa shape index (κ2) is 4.88. The third-order valence-corrected chi connectivity index (χ3v) is 3.05. The fourth-order valence-corrected chi connectivity index (χ4v) is 2.02. The van der Waals surface area contributed by atoms with Gasteiger partial charge in [0.05, 0.1) is 6.20 Å². The number of anilines is 1. The van der Waals surface area contributed by atoms with E-state index in [4.69, 9.17) is 0 Å². The molecule has 0 aliphatic heterocycles. The van der Waals surface area contributed by atoms with Crippen molar-refractivity contribution in [3.8, 4) is 0 Å². The molecule has 0 fully saturated rings. The molecular weight excluding hydrogens is 262 g/mol. The van der Waals surface area contributed by atoms with Gasteiger partial charge in [0.15, 0.2) is 5.65 Å². The maximum atomic E-state index is 13.6. The average Bonchev–Trinajstić information content (AvgIpc) is 2.90. The maximum absolute atomic E-state index is 13.6. The van der Waals surface area contributed by atoms with Crippen molar-refractivity contribution in [2.75, 3.05) is 11.9 Å². The zero-order valence-electron chi connectivity index (χ0n) is 10.8. The molecule has 3 aromatic rings. The molecule has 4 nitrogen and oxygen atoms in total. The van der Waals surface area contributed by atoms with E-state index in [-0.39, 0.29) is 6.54 Å². The van der Waals surface area contributed by atoms with Gasteiger partial charge in [-0.05, 0) is 24.3 Å². The van der Waals surface area contributed by atoms with Crippen molar-refractivity contribution in [2.45, 2.75) is 6.54 Å². The van der Waals surface area contributed by atoms with Gasteiger partial charge in [0.2, 0.25) is 0 Å². The molecule has 102 valence electrons. The molecule has 0 saturated heterocycles. The second-order valence-electron chi connectivity index (χ2n) is 4.51. The quantitative estimate of drug-likeness (QED) is 0.736. The fraction of sp³-hybridized carbons (Fsp3) is 0.143. The van der Waals surface area contributed by atoms with E-state index < -0.39 is 11.6 Å². The number of halogens is 2. The van der Waals surface area contributed by atoms with Crippen molar-refractivity contribution in [2.24, 2.45) is 0 Å². The SMILES string of the molecule is CN(Cc1cc(F)ccc1F)c1ccn2nccc2n1. The normalized spacial score (nSPS) is 10.9. The molecule has 0 bridgehead atoms. The molecule has 20 heavy (non-hydrogen) atoms. The lowest BCUT2D eigenvalue weighted by atomic mass is 10.2. The lowest BCUT2D eigenvalue weighted by Gasteiger charge is -2.18. The van der Waals surface area contributed by atoms with Crippen LogP contribution in [-0.2, 0) is 6.54 Å². The predicted octanol–water partition coefficient (Wildman–Crippen LogP) is 2.64. The summed E-state index contributed by atoms with van der Waals surface area (Å²) in [6, 6.07) is 6.99. The molecule has 1 aromatic carbocycles. The van der Waals surface area contributed by atoms with Gasteiger partial charge < -0.3 is 4.90 Å². The molecule has 0 spiro atoms. The molecule has 0 N–H and O–H groups in total. The van der Waals surface area contributed by atoms with Crippen LogP contribution in [0.5, 0.6) is 0 Å². The van der Waals surface area contributed by atoms with Crippen molar-refractivity contribution in [1.29, 1.82) is 0 Å². The molecule has 6 heteroatoms. The number of hydrogen-bond donors (Lipinski definition) is 0. The first-order valence-corrected chi connectivity index (χ1v) is 6.09. The minimum Gasteiger partial charge on any atom is -0.355 e. The van der Waals surface area contributed by atoms with Gasteiger partial charge in [0, 0.05) is 31.4 Å². The smallest absolute Gasteiger partial charge is 0.157 e. The van der Waals surface area contributed by atoms with Crippen molar-refractivity contribution in [3.05, 3.63) is 59.9 Å². The highest BCUT2D eigenvalue weighted by atomic mass is 19.1. The molecule has 3 rings (SSSR count). The van der Waals surface area contributed by atoms with Crippen LogP contribution in [0.4, 0.5) is 14.6 Å². The molecular formula is C14H12F2N4. The van der Waals surface area contributed by atoms with Gasteiger partial charge in [0.1, 0.15) is 17.5 Å². The minimum absolute atomic E-state index is 0.237. The number of benzene rings is 1. The topological polar surface area (TPSA) is 33.4 Å². The van der Waals surface area contributed by atoms with Crippen LogP contribution in [-0.4, -0.2) is 21.6 Å². The van der Waals surface area contributed by atoms with Crippen LogP contribution in [0.25, 0.3) is 5.65 Å². The van der Waals surface area contributed by atoms with Crippen LogP contribution in [0.3, 0.4) is 0 Å². The number of rotatable bonds is 3. The summed E-state index contributed by atoms with van der Waals surface area (Å²) in [4.78, 5) is 6.15. The van der Waals surface area contributed by atoms with Crippen LogP contribution in [0.15, 0.2) is 42.7 Å². The molecule has 0 aliphatic carbocycles. The van der Waals surface area contributed by atoms with Crippen LogP contribution in [0.1, 0.15) is 5.56 Å². The Balaban J connectivity index is 1.88. The highest BCUT2D eigenvalue weighted by Gasteiger charge is 2.09. The van der Waals surface area contributed by atoms with E-state index in [1.807, 2.05) is 0 Å². The zero-order valence-corrected chi connectivity index (χ0v) is 10.8. The maximum Gasteiger partial charge on any atom is 0.157 e. The first kappa shape index (κ1) is 12.5. The summed E-state index contributed by atoms with van der Waals surface area (Å²) in [6.45, 7) is 0.237. The fourth-order valence-electron chi connectivity index (χ4n) is 2.02. The van der Waals surface area contributed by atoms with Crippen LogP contribution >= 0.6 is 0 Å². The van der Waals surface area contributed by atoms with Gasteiger partial charge in [0.25, 0.3) is 0 Å². The summed E-state index contributed by atoms with van der Waals surface area (Å²) in [5.74, 6) is -0.209. The van der Waals surface area contributed by atoms with E-state index >= 15 is 0 Å². The Morgan fingerprint density at radius 3 is 2.90 bits per heavy atom. The van der Waals surface area contributed by atoms with Crippen LogP contribution < -0.4 is 4.90 Å². The van der Waals surface area contributed by atoms with E-state index in [0.717, 1.165) is 12.1 Å². The molecule has 0 aliphatic rings. The number of nitrogens with zero attached hydrogens (tertiary/aromatic N) is 4. The van der Waals surface area contributed by atoms with Gasteiger partial charge in [-0.1, -0.05) is 0 Å². The highest BCUT2D eigenvalue weighted by molar-refractivity contribution is 5.47. The van der Waals surface area contributed by atoms with E-state index in [1.165, 1.54) is 6.07 Å². The summed E-state index contributed by atoms with van der Waals surface area (Å²) in [7, 11) is 1.78. The predicted molar refractivity (Wildman–Crippen MR) is 71.5 cm³/mol. The third-order valence-electron chi connectivity index (χ3n) is 3.05. The standard InChI is InChI=1S/C14H12F2N4/c1-19(9-10-8-11(15)2-3-12(10)16)13-5-7-20-14(18-13)4-6-17-20/h2-8H,9H2,1H3. The largest absolute Gasteiger partial charge is 0.355 e. The molecule has 0 atom stereocenters. The Bertz CT molecular complexity index is 754. The summed E-state index contributed by atoms with van der Waals surface area (Å²) >= 11 is 0. The number of fused-ring (bicyclic) bond motifs is 1. The molecule has 0 radical (unpaired) electrons. The van der Waals surface area contributed by atoms with Crippen molar-refractivity contribution < 1.29 is 8.78 Å². The van der Waals surface area contributed by atoms with Crippen LogP contribution in [0, 0.1) is 11.6 Å². The lowest BCUT2D eigenvalue weighted by molar-refractivity contribution is 0.583. The van der Waals surface area contributed by atoms with Gasteiger partial charge >= 0.3 is 0 Å². The Hall–Kier alpha value is -2.50.